The molecule has 0 radical (unpaired) electrons. The number of rotatable bonds is 8. The van der Waals surface area contributed by atoms with E-state index < -0.39 is 10.0 Å². The van der Waals surface area contributed by atoms with E-state index in [1.54, 1.807) is 12.1 Å². The average molecular weight is 286 g/mol. The number of aliphatic hydroxyl groups excluding tert-OH is 1. The molecule has 0 spiro atoms. The quantitative estimate of drug-likeness (QED) is 0.694. The van der Waals surface area contributed by atoms with Gasteiger partial charge < -0.3 is 10.0 Å². The third-order valence-corrected chi connectivity index (χ3v) is 4.17. The molecule has 0 aromatic heterocycles. The highest BCUT2D eigenvalue weighted by Gasteiger charge is 2.13. The highest BCUT2D eigenvalue weighted by molar-refractivity contribution is 7.89. The molecule has 0 aliphatic heterocycles. The first-order valence-corrected chi connectivity index (χ1v) is 7.78. The van der Waals surface area contributed by atoms with Crippen LogP contribution >= 0.6 is 0 Å². The van der Waals surface area contributed by atoms with E-state index in [0.29, 0.717) is 12.1 Å². The largest absolute Gasteiger partial charge is 0.392 e. The molecule has 2 N–H and O–H groups in total. The zero-order chi connectivity index (χ0) is 14.3. The maximum atomic E-state index is 12.0. The van der Waals surface area contributed by atoms with Crippen LogP contribution in [0.2, 0.25) is 0 Å². The van der Waals surface area contributed by atoms with Crippen LogP contribution in [-0.4, -0.2) is 45.6 Å². The summed E-state index contributed by atoms with van der Waals surface area (Å²) in [5.41, 5.74) is 0.593. The van der Waals surface area contributed by atoms with E-state index in [4.69, 9.17) is 5.11 Å². The Kier molecular flexibility index (Phi) is 6.44. The van der Waals surface area contributed by atoms with Crippen LogP contribution in [0.15, 0.2) is 29.2 Å². The molecule has 0 aliphatic rings. The Balaban J connectivity index is 2.51. The molecule has 0 saturated heterocycles. The van der Waals surface area contributed by atoms with Crippen LogP contribution in [0.5, 0.6) is 0 Å². The normalized spacial score (nSPS) is 12.0. The Morgan fingerprint density at radius 2 is 2.00 bits per heavy atom. The molecule has 19 heavy (non-hydrogen) atoms. The van der Waals surface area contributed by atoms with Gasteiger partial charge in [-0.3, -0.25) is 0 Å². The van der Waals surface area contributed by atoms with Crippen LogP contribution in [0.3, 0.4) is 0 Å². The van der Waals surface area contributed by atoms with Crippen molar-refractivity contribution in [3.8, 4) is 0 Å². The Labute approximate surface area is 115 Å². The zero-order valence-electron chi connectivity index (χ0n) is 11.5. The zero-order valence-corrected chi connectivity index (χ0v) is 12.3. The monoisotopic (exact) mass is 286 g/mol. The van der Waals surface area contributed by atoms with Gasteiger partial charge in [-0.2, -0.15) is 0 Å². The lowest BCUT2D eigenvalue weighted by Crippen LogP contribution is -2.25. The van der Waals surface area contributed by atoms with Gasteiger partial charge in [-0.25, -0.2) is 13.1 Å². The fraction of sp³-hybridized carbons (Fsp3) is 0.538. The maximum absolute atomic E-state index is 12.0. The number of aliphatic hydroxyl groups is 1. The summed E-state index contributed by atoms with van der Waals surface area (Å²) in [5, 5.41) is 9.01. The summed E-state index contributed by atoms with van der Waals surface area (Å²) >= 11 is 0. The van der Waals surface area contributed by atoms with Gasteiger partial charge in [0.15, 0.2) is 0 Å². The van der Waals surface area contributed by atoms with E-state index in [9.17, 15) is 8.42 Å². The summed E-state index contributed by atoms with van der Waals surface area (Å²) in [6, 6.07) is 6.34. The average Bonchev–Trinajstić information content (AvgIpc) is 2.38. The Morgan fingerprint density at radius 3 is 2.63 bits per heavy atom. The summed E-state index contributed by atoms with van der Waals surface area (Å²) in [7, 11) is 0.513. The van der Waals surface area contributed by atoms with Crippen molar-refractivity contribution >= 4 is 10.0 Å². The fourth-order valence-electron chi connectivity index (χ4n) is 1.65. The predicted octanol–water partition coefficient (Wildman–Crippen LogP) is 0.799. The molecule has 6 heteroatoms. The summed E-state index contributed by atoms with van der Waals surface area (Å²) in [5.74, 6) is 0. The van der Waals surface area contributed by atoms with Crippen LogP contribution in [0.1, 0.15) is 18.4 Å². The third kappa shape index (κ3) is 5.69. The smallest absolute Gasteiger partial charge is 0.240 e. The molecule has 1 aromatic rings. The number of nitrogens with zero attached hydrogens (tertiary/aromatic N) is 1. The van der Waals surface area contributed by atoms with E-state index in [2.05, 4.69) is 9.62 Å². The SMILES string of the molecule is CN(C)CCCCNS(=O)(=O)c1cccc(CO)c1. The molecule has 0 atom stereocenters. The lowest BCUT2D eigenvalue weighted by atomic mass is 10.2. The van der Waals surface area contributed by atoms with Gasteiger partial charge in [0, 0.05) is 6.54 Å². The number of unbranched alkanes of at least 4 members (excludes halogenated alkanes) is 1. The standard InChI is InChI=1S/C13H22N2O3S/c1-15(2)9-4-3-8-14-19(17,18)13-7-5-6-12(10-13)11-16/h5-7,10,14,16H,3-4,8-9,11H2,1-2H3. The number of sulfonamides is 1. The van der Waals surface area contributed by atoms with Crippen LogP contribution in [0, 0.1) is 0 Å². The highest BCUT2D eigenvalue weighted by atomic mass is 32.2. The van der Waals surface area contributed by atoms with E-state index in [-0.39, 0.29) is 11.5 Å². The van der Waals surface area contributed by atoms with Crippen molar-refractivity contribution < 1.29 is 13.5 Å². The van der Waals surface area contributed by atoms with Crippen molar-refractivity contribution in [2.45, 2.75) is 24.3 Å². The minimum atomic E-state index is -3.47. The second-order valence-corrected chi connectivity index (χ2v) is 6.48. The molecule has 1 aromatic carbocycles. The van der Waals surface area contributed by atoms with Crippen molar-refractivity contribution in [2.75, 3.05) is 27.2 Å². The molecule has 0 fully saturated rings. The van der Waals surface area contributed by atoms with Crippen molar-refractivity contribution in [1.82, 2.24) is 9.62 Å². The van der Waals surface area contributed by atoms with E-state index in [1.165, 1.54) is 12.1 Å². The van der Waals surface area contributed by atoms with Crippen molar-refractivity contribution in [3.05, 3.63) is 29.8 Å². The molecule has 0 unspecified atom stereocenters. The third-order valence-electron chi connectivity index (χ3n) is 2.72. The van der Waals surface area contributed by atoms with Crippen LogP contribution in [-0.2, 0) is 16.6 Å². The minimum Gasteiger partial charge on any atom is -0.392 e. The fourth-order valence-corrected chi connectivity index (χ4v) is 2.80. The van der Waals surface area contributed by atoms with E-state index >= 15 is 0 Å². The molecular formula is C13H22N2O3S. The summed E-state index contributed by atoms with van der Waals surface area (Å²) < 4.78 is 26.6. The molecule has 0 heterocycles. The van der Waals surface area contributed by atoms with Crippen LogP contribution in [0.4, 0.5) is 0 Å². The van der Waals surface area contributed by atoms with E-state index in [1.807, 2.05) is 14.1 Å². The molecule has 1 rings (SSSR count). The topological polar surface area (TPSA) is 69.6 Å². The summed E-state index contributed by atoms with van der Waals surface area (Å²) in [4.78, 5) is 2.27. The lowest BCUT2D eigenvalue weighted by molar-refractivity contribution is 0.281. The van der Waals surface area contributed by atoms with Crippen molar-refractivity contribution in [2.24, 2.45) is 0 Å². The number of nitrogens with one attached hydrogen (secondary N) is 1. The van der Waals surface area contributed by atoms with Gasteiger partial charge in [-0.05, 0) is 51.2 Å². The van der Waals surface area contributed by atoms with Gasteiger partial charge in [-0.15, -0.1) is 0 Å². The minimum absolute atomic E-state index is 0.161. The summed E-state index contributed by atoms with van der Waals surface area (Å²) in [6.07, 6.45) is 1.75. The molecule has 0 aliphatic carbocycles. The second-order valence-electron chi connectivity index (χ2n) is 4.71. The number of benzene rings is 1. The Bertz CT molecular complexity index is 486. The maximum Gasteiger partial charge on any atom is 0.240 e. The van der Waals surface area contributed by atoms with Gasteiger partial charge in [0.25, 0.3) is 0 Å². The number of hydrogen-bond donors (Lipinski definition) is 2. The number of hydrogen-bond acceptors (Lipinski definition) is 4. The van der Waals surface area contributed by atoms with Crippen LogP contribution < -0.4 is 4.72 Å². The summed E-state index contributed by atoms with van der Waals surface area (Å²) in [6.45, 7) is 1.22. The second kappa shape index (κ2) is 7.59. The Hall–Kier alpha value is -0.950. The molecule has 5 nitrogen and oxygen atoms in total. The predicted molar refractivity (Wildman–Crippen MR) is 75.3 cm³/mol. The van der Waals surface area contributed by atoms with Gasteiger partial charge in [0.05, 0.1) is 11.5 Å². The van der Waals surface area contributed by atoms with Gasteiger partial charge in [-0.1, -0.05) is 12.1 Å². The molecule has 0 bridgehead atoms. The van der Waals surface area contributed by atoms with Gasteiger partial charge in [0.2, 0.25) is 10.0 Å². The van der Waals surface area contributed by atoms with Crippen molar-refractivity contribution in [1.29, 1.82) is 0 Å². The molecule has 0 amide bonds. The van der Waals surface area contributed by atoms with Crippen LogP contribution in [0.25, 0.3) is 0 Å². The van der Waals surface area contributed by atoms with Gasteiger partial charge >= 0.3 is 0 Å². The first-order valence-electron chi connectivity index (χ1n) is 6.30. The van der Waals surface area contributed by atoms with E-state index in [0.717, 1.165) is 19.4 Å². The molecule has 108 valence electrons. The first-order chi connectivity index (χ1) is 8.95. The lowest BCUT2D eigenvalue weighted by Gasteiger charge is -2.10. The first kappa shape index (κ1) is 16.1. The molecule has 0 saturated carbocycles. The molecular weight excluding hydrogens is 264 g/mol. The Morgan fingerprint density at radius 1 is 1.26 bits per heavy atom. The highest BCUT2D eigenvalue weighted by Crippen LogP contribution is 2.11. The van der Waals surface area contributed by atoms with Gasteiger partial charge in [0.1, 0.15) is 0 Å². The van der Waals surface area contributed by atoms with Crippen molar-refractivity contribution in [3.63, 3.8) is 0 Å².